The van der Waals surface area contributed by atoms with Gasteiger partial charge in [-0.05, 0) is 77.3 Å². The van der Waals surface area contributed by atoms with Crippen LogP contribution in [0.5, 0.6) is 5.88 Å². The third-order valence-electron chi connectivity index (χ3n) is 9.72. The second-order valence-electron chi connectivity index (χ2n) is 15.2. The zero-order chi connectivity index (χ0) is 37.7. The number of pyridine rings is 1. The average Bonchev–Trinajstić information content (AvgIpc) is 3.06. The summed E-state index contributed by atoms with van der Waals surface area (Å²) < 4.78 is 42.3. The quantitative estimate of drug-likeness (QED) is 0.330. The number of amides is 2. The Morgan fingerprint density at radius 1 is 0.981 bits per heavy atom. The Hall–Kier alpha value is -3.85. The zero-order valence-corrected chi connectivity index (χ0v) is 31.7. The van der Waals surface area contributed by atoms with E-state index in [0.717, 1.165) is 5.56 Å². The number of hydrogen-bond acceptors (Lipinski definition) is 11. The predicted molar refractivity (Wildman–Crippen MR) is 192 cm³/mol. The van der Waals surface area contributed by atoms with Gasteiger partial charge in [-0.1, -0.05) is 12.1 Å². The van der Waals surface area contributed by atoms with Gasteiger partial charge in [-0.25, -0.2) is 14.2 Å². The molecule has 2 saturated heterocycles. The summed E-state index contributed by atoms with van der Waals surface area (Å²) in [5.41, 5.74) is 1.85. The van der Waals surface area contributed by atoms with Gasteiger partial charge >= 0.3 is 12.1 Å². The molecular formula is C38H54FN5O8. The van der Waals surface area contributed by atoms with Crippen LogP contribution in [0.1, 0.15) is 65.3 Å². The van der Waals surface area contributed by atoms with Gasteiger partial charge in [0.1, 0.15) is 30.3 Å². The summed E-state index contributed by atoms with van der Waals surface area (Å²) in [7, 11) is 1.58. The van der Waals surface area contributed by atoms with E-state index in [1.54, 1.807) is 29.0 Å². The highest BCUT2D eigenvalue weighted by atomic mass is 19.1. The maximum Gasteiger partial charge on any atom is 0.410 e. The van der Waals surface area contributed by atoms with Crippen molar-refractivity contribution in [2.45, 2.75) is 97.3 Å². The van der Waals surface area contributed by atoms with Gasteiger partial charge in [0, 0.05) is 57.8 Å². The van der Waals surface area contributed by atoms with Gasteiger partial charge in [0.05, 0.1) is 38.1 Å². The zero-order valence-electron chi connectivity index (χ0n) is 31.7. The normalized spacial score (nSPS) is 24.2. The molecule has 0 saturated carbocycles. The molecule has 0 radical (unpaired) electrons. The number of nitrogens with zero attached hydrogens (tertiary/aromatic N) is 5. The number of rotatable bonds is 10. The molecule has 3 aliphatic rings. The lowest BCUT2D eigenvalue weighted by Crippen LogP contribution is -2.65. The van der Waals surface area contributed by atoms with E-state index in [9.17, 15) is 18.8 Å². The van der Waals surface area contributed by atoms with Gasteiger partial charge in [0.25, 0.3) is 0 Å². The molecule has 0 spiro atoms. The van der Waals surface area contributed by atoms with E-state index in [1.165, 1.54) is 19.1 Å². The fourth-order valence-corrected chi connectivity index (χ4v) is 7.15. The number of anilines is 1. The Bertz CT molecular complexity index is 1560. The molecule has 52 heavy (non-hydrogen) atoms. The topological polar surface area (TPSA) is 123 Å². The van der Waals surface area contributed by atoms with E-state index < -0.39 is 17.6 Å². The van der Waals surface area contributed by atoms with Crippen molar-refractivity contribution in [3.63, 3.8) is 0 Å². The van der Waals surface area contributed by atoms with E-state index in [1.807, 2.05) is 33.8 Å². The van der Waals surface area contributed by atoms with Crippen molar-refractivity contribution in [2.24, 2.45) is 0 Å². The predicted octanol–water partition coefficient (Wildman–Crippen LogP) is 4.03. The Morgan fingerprint density at radius 2 is 1.67 bits per heavy atom. The summed E-state index contributed by atoms with van der Waals surface area (Å²) in [6, 6.07) is 7.51. The minimum Gasteiger partial charge on any atom is -0.474 e. The van der Waals surface area contributed by atoms with Gasteiger partial charge in [-0.2, -0.15) is 0 Å². The second-order valence-corrected chi connectivity index (χ2v) is 15.2. The highest BCUT2D eigenvalue weighted by Crippen LogP contribution is 2.36. The number of fused-ring (bicyclic) bond motifs is 1. The lowest BCUT2D eigenvalue weighted by molar-refractivity contribution is -0.142. The first-order valence-corrected chi connectivity index (χ1v) is 18.0. The van der Waals surface area contributed by atoms with E-state index in [2.05, 4.69) is 23.6 Å². The van der Waals surface area contributed by atoms with Crippen LogP contribution in [-0.2, 0) is 41.6 Å². The molecule has 0 bridgehead atoms. The summed E-state index contributed by atoms with van der Waals surface area (Å²) in [5, 5.41) is 0. The van der Waals surface area contributed by atoms with Crippen molar-refractivity contribution in [3.05, 3.63) is 53.0 Å². The Morgan fingerprint density at radius 3 is 2.31 bits per heavy atom. The maximum atomic E-state index is 14.7. The lowest BCUT2D eigenvalue weighted by atomic mass is 10.0. The number of ether oxygens (including phenoxy) is 5. The highest BCUT2D eigenvalue weighted by molar-refractivity contribution is 5.97. The molecule has 2 amide bonds. The number of piperazine rings is 1. The van der Waals surface area contributed by atoms with Crippen molar-refractivity contribution in [1.29, 1.82) is 0 Å². The minimum absolute atomic E-state index is 0.0758. The van der Waals surface area contributed by atoms with Gasteiger partial charge in [0.15, 0.2) is 0 Å². The van der Waals surface area contributed by atoms with Gasteiger partial charge in [-0.3, -0.25) is 24.3 Å². The molecule has 5 rings (SSSR count). The third-order valence-corrected chi connectivity index (χ3v) is 9.72. The number of aromatic nitrogens is 1. The molecule has 2 fully saturated rings. The number of methoxy groups -OCH3 is 1. The molecule has 5 atom stereocenters. The standard InChI is InChI=1S/C38H54FN5O8/c1-24-15-41(31(16-42-25(2)19-49-20-26(42)3)17-43(24)37(47)52-38(5,6)7)18-35(46)44-32(21-48-8)22-51-36-34(44)14-29(33(40-36)23-50-27(4)45)13-28-9-11-30(39)12-10-28/h9-12,14,24-26,31-32H,13,15-23H2,1-8H3/t24-,25-,26-,31+,32+/m1/s1. The summed E-state index contributed by atoms with van der Waals surface area (Å²) >= 11 is 0. The summed E-state index contributed by atoms with van der Waals surface area (Å²) in [6.07, 6.45) is -0.0124. The number of esters is 1. The smallest absolute Gasteiger partial charge is 0.410 e. The summed E-state index contributed by atoms with van der Waals surface area (Å²) in [4.78, 5) is 52.7. The molecule has 13 nitrogen and oxygen atoms in total. The van der Waals surface area contributed by atoms with Crippen LogP contribution in [0.25, 0.3) is 0 Å². The van der Waals surface area contributed by atoms with E-state index in [0.29, 0.717) is 56.2 Å². The van der Waals surface area contributed by atoms with Crippen LogP contribution in [0, 0.1) is 5.82 Å². The monoisotopic (exact) mass is 727 g/mol. The van der Waals surface area contributed by atoms with Crippen LogP contribution < -0.4 is 9.64 Å². The molecule has 0 N–H and O–H groups in total. The molecule has 0 aliphatic carbocycles. The first-order chi connectivity index (χ1) is 24.6. The molecule has 2 aromatic rings. The molecule has 286 valence electrons. The van der Waals surface area contributed by atoms with E-state index in [-0.39, 0.29) is 74.2 Å². The fourth-order valence-electron chi connectivity index (χ4n) is 7.15. The van der Waals surface area contributed by atoms with Crippen LogP contribution in [0.3, 0.4) is 0 Å². The van der Waals surface area contributed by atoms with Crippen molar-refractivity contribution < 1.29 is 42.5 Å². The van der Waals surface area contributed by atoms with Crippen LogP contribution in [0.2, 0.25) is 0 Å². The first kappa shape index (κ1) is 39.4. The number of carbonyl (C=O) groups is 3. The van der Waals surface area contributed by atoms with Crippen LogP contribution in [0.15, 0.2) is 30.3 Å². The SMILES string of the molecule is COC[C@H]1COc2nc(COC(C)=O)c(Cc3ccc(F)cc3)cc2N1C(=O)CN1C[C@@H](C)N(C(=O)OC(C)(C)C)C[C@@H]1CN1[C@H](C)COC[C@H]1C. The number of hydrogen-bond donors (Lipinski definition) is 0. The molecule has 0 unspecified atom stereocenters. The van der Waals surface area contributed by atoms with Crippen molar-refractivity contribution in [3.8, 4) is 5.88 Å². The molecule has 1 aromatic carbocycles. The van der Waals surface area contributed by atoms with Crippen LogP contribution >= 0.6 is 0 Å². The Labute approximate surface area is 306 Å². The Balaban J connectivity index is 1.47. The molecular weight excluding hydrogens is 673 g/mol. The average molecular weight is 728 g/mol. The molecule has 3 aliphatic heterocycles. The maximum absolute atomic E-state index is 14.7. The fraction of sp³-hybridized carbons (Fsp3) is 0.632. The summed E-state index contributed by atoms with van der Waals surface area (Å²) in [5.74, 6) is -0.722. The van der Waals surface area contributed by atoms with E-state index in [4.69, 9.17) is 28.7 Å². The third kappa shape index (κ3) is 9.77. The Kier molecular flexibility index (Phi) is 12.8. The number of carbonyl (C=O) groups excluding carboxylic acids is 3. The molecule has 14 heteroatoms. The highest BCUT2D eigenvalue weighted by Gasteiger charge is 2.42. The number of benzene rings is 1. The number of morpholine rings is 1. The largest absolute Gasteiger partial charge is 0.474 e. The second kappa shape index (κ2) is 16.9. The first-order valence-electron chi connectivity index (χ1n) is 18.0. The molecule has 1 aromatic heterocycles. The van der Waals surface area contributed by atoms with Crippen LogP contribution in [-0.4, -0.2) is 133 Å². The van der Waals surface area contributed by atoms with Gasteiger partial charge in [0.2, 0.25) is 11.8 Å². The van der Waals surface area contributed by atoms with Crippen molar-refractivity contribution in [1.82, 2.24) is 19.7 Å². The molecule has 4 heterocycles. The van der Waals surface area contributed by atoms with Crippen molar-refractivity contribution in [2.75, 3.05) is 64.6 Å². The van der Waals surface area contributed by atoms with Crippen LogP contribution in [0.4, 0.5) is 14.9 Å². The van der Waals surface area contributed by atoms with Gasteiger partial charge in [-0.15, -0.1) is 0 Å². The number of halogens is 1. The minimum atomic E-state index is -0.644. The van der Waals surface area contributed by atoms with E-state index >= 15 is 0 Å². The van der Waals surface area contributed by atoms with Crippen molar-refractivity contribution >= 4 is 23.7 Å². The van der Waals surface area contributed by atoms with Gasteiger partial charge < -0.3 is 28.6 Å². The lowest BCUT2D eigenvalue weighted by Gasteiger charge is -2.49. The summed E-state index contributed by atoms with van der Waals surface area (Å²) in [6.45, 7) is 16.2.